The number of benzene rings is 1. The van der Waals surface area contributed by atoms with E-state index < -0.39 is 4.92 Å². The van der Waals surface area contributed by atoms with Crippen LogP contribution in [-0.4, -0.2) is 11.1 Å². The van der Waals surface area contributed by atoms with Gasteiger partial charge in [0.25, 0.3) is 5.69 Å². The molecule has 5 heteroatoms. The van der Waals surface area contributed by atoms with Crippen LogP contribution >= 0.6 is 0 Å². The Morgan fingerprint density at radius 1 is 1.60 bits per heavy atom. The van der Waals surface area contributed by atoms with Crippen molar-refractivity contribution in [3.63, 3.8) is 0 Å². The monoisotopic (exact) mass is 205 g/mol. The number of nitrogens with two attached hydrogens (primary N) is 1. The molecule has 15 heavy (non-hydrogen) atoms. The fraction of sp³-hybridized carbons (Fsp3) is 0.100. The molecular formula is C10H11N3O2. The number of nitro groups is 1. The minimum atomic E-state index is -0.472. The Morgan fingerprint density at radius 3 is 2.80 bits per heavy atom. The lowest BCUT2D eigenvalue weighted by Gasteiger charge is -2.04. The van der Waals surface area contributed by atoms with E-state index in [2.05, 4.69) is 0 Å². The van der Waals surface area contributed by atoms with Crippen LogP contribution in [0.5, 0.6) is 0 Å². The SMILES string of the molecule is Cc1ccc([N+](=O)[O-])cc1/C(N)=C/C=N. The van der Waals surface area contributed by atoms with Crippen LogP contribution in [-0.2, 0) is 0 Å². The lowest BCUT2D eigenvalue weighted by atomic mass is 10.1. The van der Waals surface area contributed by atoms with Gasteiger partial charge in [-0.05, 0) is 18.6 Å². The second-order valence-electron chi connectivity index (χ2n) is 3.05. The van der Waals surface area contributed by atoms with Gasteiger partial charge in [0.05, 0.1) is 4.92 Å². The average Bonchev–Trinajstić information content (AvgIpc) is 2.18. The van der Waals surface area contributed by atoms with Crippen LogP contribution in [0, 0.1) is 22.4 Å². The first kappa shape index (κ1) is 10.9. The van der Waals surface area contributed by atoms with Gasteiger partial charge >= 0.3 is 0 Å². The van der Waals surface area contributed by atoms with Gasteiger partial charge in [-0.2, -0.15) is 0 Å². The third-order valence-corrected chi connectivity index (χ3v) is 2.01. The predicted molar refractivity (Wildman–Crippen MR) is 58.8 cm³/mol. The highest BCUT2D eigenvalue weighted by atomic mass is 16.6. The van der Waals surface area contributed by atoms with Crippen LogP contribution in [0.2, 0.25) is 0 Å². The van der Waals surface area contributed by atoms with Gasteiger partial charge in [0.15, 0.2) is 0 Å². The summed E-state index contributed by atoms with van der Waals surface area (Å²) in [6.07, 6.45) is 2.44. The first-order valence-corrected chi connectivity index (χ1v) is 4.28. The Morgan fingerprint density at radius 2 is 2.27 bits per heavy atom. The minimum Gasteiger partial charge on any atom is -0.398 e. The van der Waals surface area contributed by atoms with Crippen LogP contribution in [0.1, 0.15) is 11.1 Å². The standard InChI is InChI=1S/C10H11N3O2/c1-7-2-3-8(13(14)15)6-9(7)10(12)4-5-11/h2-6,11H,12H2,1H3/b10-4-,11-5?. The first-order valence-electron chi connectivity index (χ1n) is 4.28. The van der Waals surface area contributed by atoms with Crippen LogP contribution in [0.25, 0.3) is 5.70 Å². The van der Waals surface area contributed by atoms with Crippen molar-refractivity contribution in [2.75, 3.05) is 0 Å². The average molecular weight is 205 g/mol. The number of non-ortho nitro benzene ring substituents is 1. The Bertz CT molecular complexity index is 438. The van der Waals surface area contributed by atoms with Crippen LogP contribution in [0.15, 0.2) is 24.3 Å². The Kier molecular flexibility index (Phi) is 3.17. The number of aryl methyl sites for hydroxylation is 1. The quantitative estimate of drug-likeness (QED) is 0.448. The smallest absolute Gasteiger partial charge is 0.270 e. The largest absolute Gasteiger partial charge is 0.398 e. The first-order chi connectivity index (χ1) is 7.06. The van der Waals surface area contributed by atoms with Gasteiger partial charge in [-0.1, -0.05) is 6.07 Å². The van der Waals surface area contributed by atoms with Gasteiger partial charge in [-0.3, -0.25) is 10.1 Å². The van der Waals surface area contributed by atoms with Gasteiger partial charge in [-0.25, -0.2) is 0 Å². The molecule has 5 nitrogen and oxygen atoms in total. The molecule has 0 atom stereocenters. The molecule has 0 spiro atoms. The molecule has 3 N–H and O–H groups in total. The summed E-state index contributed by atoms with van der Waals surface area (Å²) in [4.78, 5) is 10.1. The summed E-state index contributed by atoms with van der Waals surface area (Å²) in [5, 5.41) is 17.4. The van der Waals surface area contributed by atoms with E-state index in [0.717, 1.165) is 11.8 Å². The van der Waals surface area contributed by atoms with E-state index in [9.17, 15) is 10.1 Å². The predicted octanol–water partition coefficient (Wildman–Crippen LogP) is 1.85. The summed E-state index contributed by atoms with van der Waals surface area (Å²) in [6, 6.07) is 4.47. The summed E-state index contributed by atoms with van der Waals surface area (Å²) in [5.74, 6) is 0. The second-order valence-corrected chi connectivity index (χ2v) is 3.05. The van der Waals surface area contributed by atoms with E-state index >= 15 is 0 Å². The molecule has 0 fully saturated rings. The van der Waals surface area contributed by atoms with Crippen molar-refractivity contribution in [2.45, 2.75) is 6.92 Å². The third-order valence-electron chi connectivity index (χ3n) is 2.01. The topological polar surface area (TPSA) is 93.0 Å². The maximum Gasteiger partial charge on any atom is 0.270 e. The minimum absolute atomic E-state index is 0.00284. The summed E-state index contributed by atoms with van der Waals surface area (Å²) < 4.78 is 0. The zero-order valence-corrected chi connectivity index (χ0v) is 8.23. The summed E-state index contributed by atoms with van der Waals surface area (Å²) >= 11 is 0. The van der Waals surface area contributed by atoms with Gasteiger partial charge in [-0.15, -0.1) is 0 Å². The van der Waals surface area contributed by atoms with Crippen molar-refractivity contribution in [1.29, 1.82) is 5.41 Å². The van der Waals surface area contributed by atoms with Gasteiger partial charge in [0.2, 0.25) is 0 Å². The highest BCUT2D eigenvalue weighted by Crippen LogP contribution is 2.20. The third kappa shape index (κ3) is 2.40. The molecule has 0 aliphatic rings. The molecule has 0 unspecified atom stereocenters. The number of allylic oxidation sites excluding steroid dienone is 1. The van der Waals surface area contributed by atoms with E-state index in [1.807, 2.05) is 6.92 Å². The fourth-order valence-corrected chi connectivity index (χ4v) is 1.21. The van der Waals surface area contributed by atoms with Gasteiger partial charge in [0, 0.05) is 29.6 Å². The molecule has 0 bridgehead atoms. The van der Waals surface area contributed by atoms with Crippen molar-refractivity contribution < 1.29 is 4.92 Å². The molecule has 0 aliphatic heterocycles. The van der Waals surface area contributed by atoms with Crippen molar-refractivity contribution in [1.82, 2.24) is 0 Å². The van der Waals surface area contributed by atoms with Crippen LogP contribution in [0.4, 0.5) is 5.69 Å². The normalized spacial score (nSPS) is 11.1. The molecule has 0 saturated heterocycles. The van der Waals surface area contributed by atoms with Crippen molar-refractivity contribution in [2.24, 2.45) is 5.73 Å². The summed E-state index contributed by atoms with van der Waals surface area (Å²) in [5.41, 5.74) is 7.45. The van der Waals surface area contributed by atoms with E-state index in [0.29, 0.717) is 11.3 Å². The Hall–Kier alpha value is -2.17. The number of rotatable bonds is 3. The summed E-state index contributed by atoms with van der Waals surface area (Å²) in [7, 11) is 0. The molecular weight excluding hydrogens is 194 g/mol. The molecule has 0 aliphatic carbocycles. The molecule has 0 amide bonds. The number of hydrogen-bond donors (Lipinski definition) is 2. The zero-order valence-electron chi connectivity index (χ0n) is 8.23. The van der Waals surface area contributed by atoms with Crippen molar-refractivity contribution in [3.05, 3.63) is 45.5 Å². The molecule has 1 rings (SSSR count). The van der Waals surface area contributed by atoms with E-state index in [4.69, 9.17) is 11.1 Å². The number of nitro benzene ring substituents is 1. The lowest BCUT2D eigenvalue weighted by Crippen LogP contribution is -2.00. The summed E-state index contributed by atoms with van der Waals surface area (Å²) in [6.45, 7) is 1.81. The molecule has 0 saturated carbocycles. The zero-order chi connectivity index (χ0) is 11.4. The molecule has 0 heterocycles. The maximum absolute atomic E-state index is 10.5. The molecule has 1 aromatic carbocycles. The number of nitrogens with one attached hydrogen (secondary N) is 1. The molecule has 0 radical (unpaired) electrons. The highest BCUT2D eigenvalue weighted by Gasteiger charge is 2.09. The Labute approximate surface area is 86.9 Å². The van der Waals surface area contributed by atoms with Crippen molar-refractivity contribution in [3.8, 4) is 0 Å². The van der Waals surface area contributed by atoms with Gasteiger partial charge in [0.1, 0.15) is 0 Å². The maximum atomic E-state index is 10.5. The fourth-order valence-electron chi connectivity index (χ4n) is 1.21. The van der Waals surface area contributed by atoms with Crippen molar-refractivity contribution >= 4 is 17.6 Å². The van der Waals surface area contributed by atoms with Gasteiger partial charge < -0.3 is 11.1 Å². The molecule has 0 aromatic heterocycles. The number of nitrogens with zero attached hydrogens (tertiary/aromatic N) is 1. The number of hydrogen-bond acceptors (Lipinski definition) is 4. The van der Waals surface area contributed by atoms with E-state index in [1.165, 1.54) is 18.2 Å². The van der Waals surface area contributed by atoms with E-state index in [-0.39, 0.29) is 5.69 Å². The molecule has 1 aromatic rings. The van der Waals surface area contributed by atoms with E-state index in [1.54, 1.807) is 6.07 Å². The Balaban J connectivity index is 3.28. The second kappa shape index (κ2) is 4.36. The van der Waals surface area contributed by atoms with Crippen LogP contribution in [0.3, 0.4) is 0 Å². The lowest BCUT2D eigenvalue weighted by molar-refractivity contribution is -0.384. The highest BCUT2D eigenvalue weighted by molar-refractivity contribution is 5.82. The van der Waals surface area contributed by atoms with Crippen LogP contribution < -0.4 is 5.73 Å². The molecule has 78 valence electrons.